The Balaban J connectivity index is 2.46. The Kier molecular flexibility index (Phi) is 8.07. The van der Waals surface area contributed by atoms with Gasteiger partial charge in [-0.15, -0.1) is 0 Å². The summed E-state index contributed by atoms with van der Waals surface area (Å²) in [6.45, 7) is 9.81. The van der Waals surface area contributed by atoms with Gasteiger partial charge in [0.1, 0.15) is 0 Å². The summed E-state index contributed by atoms with van der Waals surface area (Å²) in [4.78, 5) is 13.1. The van der Waals surface area contributed by atoms with Gasteiger partial charge in [-0.25, -0.2) is 0 Å². The zero-order valence-corrected chi connectivity index (χ0v) is 18.7. The standard InChI is InChI=1S/C25H38O4/c1-16-7-6-8-17(2)13-14-25(5)20(11-10-18(3)21(27)12-9-16)22(19(4)15-26)23(28)24(25)29/h7,10,13,19-21,26-28H,6,8-9,11-12,14-15H2,1-5H3/t19-,20-,21+,25+/m1/s1. The first kappa shape index (κ1) is 23.6. The lowest BCUT2D eigenvalue weighted by molar-refractivity contribution is -0.126. The first-order valence-corrected chi connectivity index (χ1v) is 10.9. The maximum atomic E-state index is 13.1. The summed E-state index contributed by atoms with van der Waals surface area (Å²) < 4.78 is 0. The van der Waals surface area contributed by atoms with Crippen molar-refractivity contribution in [3.05, 3.63) is 46.3 Å². The molecule has 2 aliphatic rings. The molecule has 3 N–H and O–H groups in total. The Hall–Kier alpha value is -1.65. The van der Waals surface area contributed by atoms with Crippen LogP contribution in [0.4, 0.5) is 0 Å². The third kappa shape index (κ3) is 5.29. The molecule has 0 saturated heterocycles. The molecule has 0 heterocycles. The molecule has 4 heteroatoms. The molecule has 4 nitrogen and oxygen atoms in total. The normalized spacial score (nSPS) is 31.3. The number of hydrogen-bond donors (Lipinski definition) is 3. The highest BCUT2D eigenvalue weighted by Gasteiger charge is 2.51. The number of carbonyl (C=O) groups excluding carboxylic acids is 1. The van der Waals surface area contributed by atoms with Crippen LogP contribution in [0.3, 0.4) is 0 Å². The van der Waals surface area contributed by atoms with Gasteiger partial charge >= 0.3 is 0 Å². The number of rotatable bonds is 2. The average molecular weight is 403 g/mol. The maximum absolute atomic E-state index is 13.1. The van der Waals surface area contributed by atoms with E-state index >= 15 is 0 Å². The molecule has 0 unspecified atom stereocenters. The monoisotopic (exact) mass is 402 g/mol. The Labute approximate surface area is 175 Å². The van der Waals surface area contributed by atoms with Crippen molar-refractivity contribution in [1.29, 1.82) is 0 Å². The fourth-order valence-corrected chi connectivity index (χ4v) is 4.53. The Morgan fingerprint density at radius 1 is 1.14 bits per heavy atom. The number of Topliss-reactive ketones (excluding diaryl/α,β-unsaturated/α-hetero) is 1. The molecular formula is C25H38O4. The van der Waals surface area contributed by atoms with Crippen LogP contribution in [-0.4, -0.2) is 33.8 Å². The maximum Gasteiger partial charge on any atom is 0.203 e. The number of carbonyl (C=O) groups is 1. The van der Waals surface area contributed by atoms with Gasteiger partial charge in [0.2, 0.25) is 5.78 Å². The molecule has 0 aromatic heterocycles. The summed E-state index contributed by atoms with van der Waals surface area (Å²) in [5, 5.41) is 30.9. The highest BCUT2D eigenvalue weighted by molar-refractivity contribution is 6.02. The minimum Gasteiger partial charge on any atom is -0.504 e. The lowest BCUT2D eigenvalue weighted by atomic mass is 9.70. The SMILES string of the molecule is CC1=CC[C@]2(C)C(=O)C(O)=C([C@H](C)CO)[C@H]2CC=C(C)[C@@H](O)CCC(C)=CCC1. The number of allylic oxidation sites excluding steroid dienone is 6. The van der Waals surface area contributed by atoms with E-state index in [4.69, 9.17) is 0 Å². The van der Waals surface area contributed by atoms with Gasteiger partial charge in [-0.05, 0) is 70.4 Å². The van der Waals surface area contributed by atoms with E-state index in [1.165, 1.54) is 11.1 Å². The first-order chi connectivity index (χ1) is 13.6. The smallest absolute Gasteiger partial charge is 0.203 e. The van der Waals surface area contributed by atoms with Gasteiger partial charge in [0.25, 0.3) is 0 Å². The Bertz CT molecular complexity index is 740. The zero-order chi connectivity index (χ0) is 21.8. The van der Waals surface area contributed by atoms with Crippen molar-refractivity contribution in [2.75, 3.05) is 6.61 Å². The topological polar surface area (TPSA) is 77.8 Å². The van der Waals surface area contributed by atoms with E-state index in [-0.39, 0.29) is 30.0 Å². The van der Waals surface area contributed by atoms with Gasteiger partial charge in [-0.1, -0.05) is 43.2 Å². The van der Waals surface area contributed by atoms with Gasteiger partial charge in [0.15, 0.2) is 5.76 Å². The van der Waals surface area contributed by atoms with Crippen molar-refractivity contribution in [2.24, 2.45) is 17.3 Å². The molecule has 0 fully saturated rings. The molecule has 162 valence electrons. The van der Waals surface area contributed by atoms with Crippen LogP contribution in [-0.2, 0) is 4.79 Å². The van der Waals surface area contributed by atoms with E-state index < -0.39 is 11.5 Å². The van der Waals surface area contributed by atoms with E-state index in [1.807, 2.05) is 26.8 Å². The molecule has 0 radical (unpaired) electrons. The highest BCUT2D eigenvalue weighted by Crippen LogP contribution is 2.50. The molecule has 0 bridgehead atoms. The van der Waals surface area contributed by atoms with E-state index in [0.29, 0.717) is 24.8 Å². The van der Waals surface area contributed by atoms with E-state index in [2.05, 4.69) is 26.0 Å². The number of aliphatic hydroxyl groups is 3. The summed E-state index contributed by atoms with van der Waals surface area (Å²) in [6, 6.07) is 0. The summed E-state index contributed by atoms with van der Waals surface area (Å²) in [6.07, 6.45) is 10.4. The van der Waals surface area contributed by atoms with Gasteiger partial charge in [-0.3, -0.25) is 4.79 Å². The second-order valence-corrected chi connectivity index (χ2v) is 9.27. The van der Waals surface area contributed by atoms with Crippen LogP contribution in [0.25, 0.3) is 0 Å². The lowest BCUT2D eigenvalue weighted by Crippen LogP contribution is -2.32. The van der Waals surface area contributed by atoms with Crippen LogP contribution < -0.4 is 0 Å². The number of hydrogen-bond acceptors (Lipinski definition) is 4. The minimum atomic E-state index is -0.738. The van der Waals surface area contributed by atoms with Gasteiger partial charge in [0, 0.05) is 23.9 Å². The third-order valence-electron chi connectivity index (χ3n) is 6.88. The number of aliphatic hydroxyl groups excluding tert-OH is 3. The van der Waals surface area contributed by atoms with Crippen molar-refractivity contribution in [1.82, 2.24) is 0 Å². The van der Waals surface area contributed by atoms with Crippen LogP contribution in [0, 0.1) is 17.3 Å². The second kappa shape index (κ2) is 9.90. The predicted molar refractivity (Wildman–Crippen MR) is 117 cm³/mol. The van der Waals surface area contributed by atoms with Crippen LogP contribution in [0.15, 0.2) is 46.3 Å². The minimum absolute atomic E-state index is 0.107. The fourth-order valence-electron chi connectivity index (χ4n) is 4.53. The second-order valence-electron chi connectivity index (χ2n) is 9.27. The number of ketones is 1. The van der Waals surface area contributed by atoms with Crippen molar-refractivity contribution in [3.63, 3.8) is 0 Å². The van der Waals surface area contributed by atoms with Crippen molar-refractivity contribution < 1.29 is 20.1 Å². The third-order valence-corrected chi connectivity index (χ3v) is 6.88. The predicted octanol–water partition coefficient (Wildman–Crippen LogP) is 5.19. The summed E-state index contributed by atoms with van der Waals surface area (Å²) in [5.74, 6) is -0.860. The van der Waals surface area contributed by atoms with Crippen LogP contribution >= 0.6 is 0 Å². The Morgan fingerprint density at radius 2 is 1.79 bits per heavy atom. The molecule has 0 aliphatic heterocycles. The number of fused-ring (bicyclic) bond motifs is 1. The van der Waals surface area contributed by atoms with Gasteiger partial charge in [0.05, 0.1) is 6.10 Å². The molecule has 2 rings (SSSR count). The molecule has 0 spiro atoms. The Morgan fingerprint density at radius 3 is 2.45 bits per heavy atom. The van der Waals surface area contributed by atoms with Crippen LogP contribution in [0.1, 0.15) is 73.1 Å². The lowest BCUT2D eigenvalue weighted by Gasteiger charge is -2.32. The molecule has 0 amide bonds. The molecule has 0 aromatic carbocycles. The summed E-state index contributed by atoms with van der Waals surface area (Å²) in [7, 11) is 0. The molecule has 4 atom stereocenters. The van der Waals surface area contributed by atoms with Crippen LogP contribution in [0.2, 0.25) is 0 Å². The van der Waals surface area contributed by atoms with E-state index in [0.717, 1.165) is 24.8 Å². The van der Waals surface area contributed by atoms with E-state index in [9.17, 15) is 20.1 Å². The van der Waals surface area contributed by atoms with Crippen molar-refractivity contribution >= 4 is 5.78 Å². The highest BCUT2D eigenvalue weighted by atomic mass is 16.3. The van der Waals surface area contributed by atoms with E-state index in [1.54, 1.807) is 0 Å². The van der Waals surface area contributed by atoms with Gasteiger partial charge < -0.3 is 15.3 Å². The molecule has 2 aliphatic carbocycles. The first-order valence-electron chi connectivity index (χ1n) is 10.9. The average Bonchev–Trinajstić information content (AvgIpc) is 2.88. The van der Waals surface area contributed by atoms with Gasteiger partial charge in [-0.2, -0.15) is 0 Å². The molecule has 29 heavy (non-hydrogen) atoms. The fraction of sp³-hybridized carbons (Fsp3) is 0.640. The van der Waals surface area contributed by atoms with Crippen molar-refractivity contribution in [3.8, 4) is 0 Å². The van der Waals surface area contributed by atoms with Crippen molar-refractivity contribution in [2.45, 2.75) is 79.2 Å². The quantitative estimate of drug-likeness (QED) is 0.556. The largest absolute Gasteiger partial charge is 0.504 e. The molecule has 0 aromatic rings. The zero-order valence-electron chi connectivity index (χ0n) is 18.7. The summed E-state index contributed by atoms with van der Waals surface area (Å²) in [5.41, 5.74) is 3.36. The van der Waals surface area contributed by atoms with Crippen LogP contribution in [0.5, 0.6) is 0 Å². The molecular weight excluding hydrogens is 364 g/mol. The summed E-state index contributed by atoms with van der Waals surface area (Å²) >= 11 is 0. The molecule has 0 saturated carbocycles.